The van der Waals surface area contributed by atoms with Crippen LogP contribution in [0.1, 0.15) is 70.6 Å². The van der Waals surface area contributed by atoms with E-state index in [1.54, 1.807) is 4.31 Å². The number of hydrogen-bond acceptors (Lipinski definition) is 3. The first-order chi connectivity index (χ1) is 11.4. The number of nitrogens with one attached hydrogen (secondary N) is 1. The van der Waals surface area contributed by atoms with E-state index in [-0.39, 0.29) is 12.0 Å². The lowest BCUT2D eigenvalue weighted by atomic mass is 9.68. The Labute approximate surface area is 145 Å². The smallest absolute Gasteiger partial charge is 0.306 e. The first-order valence-corrected chi connectivity index (χ1v) is 10.8. The molecule has 3 aliphatic rings. The number of hydrogen-bond donors (Lipinski definition) is 2. The average Bonchev–Trinajstić information content (AvgIpc) is 2.56. The maximum Gasteiger partial charge on any atom is 0.306 e. The second-order valence-corrected chi connectivity index (χ2v) is 9.67. The molecule has 0 bridgehead atoms. The third-order valence-electron chi connectivity index (χ3n) is 6.43. The molecule has 24 heavy (non-hydrogen) atoms. The van der Waals surface area contributed by atoms with Gasteiger partial charge in [0.15, 0.2) is 0 Å². The first kappa shape index (κ1) is 18.1. The molecule has 1 heterocycles. The summed E-state index contributed by atoms with van der Waals surface area (Å²) in [6, 6.07) is -0.115. The van der Waals surface area contributed by atoms with E-state index in [0.29, 0.717) is 44.2 Å². The van der Waals surface area contributed by atoms with E-state index in [1.165, 1.54) is 32.1 Å². The number of aliphatic carboxylic acids is 1. The molecule has 1 saturated heterocycles. The lowest BCUT2D eigenvalue weighted by molar-refractivity contribution is -0.142. The Bertz CT molecular complexity index is 539. The van der Waals surface area contributed by atoms with Crippen LogP contribution in [0.25, 0.3) is 0 Å². The fourth-order valence-corrected chi connectivity index (χ4v) is 6.22. The molecule has 0 aromatic rings. The van der Waals surface area contributed by atoms with Crippen molar-refractivity contribution in [2.24, 2.45) is 11.3 Å². The third kappa shape index (κ3) is 4.11. The molecule has 1 spiro atoms. The minimum absolute atomic E-state index is 0.115. The quantitative estimate of drug-likeness (QED) is 0.808. The summed E-state index contributed by atoms with van der Waals surface area (Å²) >= 11 is 0. The van der Waals surface area contributed by atoms with E-state index in [2.05, 4.69) is 4.72 Å². The number of piperidine rings is 1. The van der Waals surface area contributed by atoms with E-state index in [1.807, 2.05) is 0 Å². The van der Waals surface area contributed by atoms with Gasteiger partial charge in [0.1, 0.15) is 0 Å². The maximum atomic E-state index is 12.6. The summed E-state index contributed by atoms with van der Waals surface area (Å²) in [6.45, 7) is 1.25. The van der Waals surface area contributed by atoms with Crippen molar-refractivity contribution in [3.8, 4) is 0 Å². The predicted molar refractivity (Wildman–Crippen MR) is 91.8 cm³/mol. The zero-order valence-corrected chi connectivity index (χ0v) is 15.2. The summed E-state index contributed by atoms with van der Waals surface area (Å²) in [6.07, 6.45) is 10.7. The van der Waals surface area contributed by atoms with Gasteiger partial charge < -0.3 is 5.11 Å². The van der Waals surface area contributed by atoms with Crippen LogP contribution in [-0.4, -0.2) is 42.9 Å². The first-order valence-electron chi connectivity index (χ1n) is 9.40. The summed E-state index contributed by atoms with van der Waals surface area (Å²) in [5.41, 5.74) is 0.393. The Balaban J connectivity index is 1.50. The molecule has 0 unspecified atom stereocenters. The van der Waals surface area contributed by atoms with Crippen molar-refractivity contribution in [1.29, 1.82) is 0 Å². The SMILES string of the molecule is O=C(O)C1CCC(NS(=O)(=O)N2CCC3(CCCCC3)CC2)CC1. The molecular weight excluding hydrogens is 328 g/mol. The Hall–Kier alpha value is -0.660. The summed E-state index contributed by atoms with van der Waals surface area (Å²) in [7, 11) is -3.44. The molecule has 0 aromatic heterocycles. The minimum atomic E-state index is -3.44. The number of rotatable bonds is 4. The lowest BCUT2D eigenvalue weighted by Gasteiger charge is -2.44. The van der Waals surface area contributed by atoms with Crippen molar-refractivity contribution >= 4 is 16.2 Å². The zero-order valence-electron chi connectivity index (χ0n) is 14.4. The van der Waals surface area contributed by atoms with E-state index < -0.39 is 16.2 Å². The monoisotopic (exact) mass is 358 g/mol. The van der Waals surface area contributed by atoms with Gasteiger partial charge in [-0.25, -0.2) is 0 Å². The average molecular weight is 359 g/mol. The van der Waals surface area contributed by atoms with Crippen LogP contribution in [-0.2, 0) is 15.0 Å². The molecule has 0 aromatic carbocycles. The molecule has 7 heteroatoms. The van der Waals surface area contributed by atoms with Crippen LogP contribution in [0.5, 0.6) is 0 Å². The molecule has 6 nitrogen and oxygen atoms in total. The van der Waals surface area contributed by atoms with Crippen molar-refractivity contribution in [2.45, 2.75) is 76.7 Å². The minimum Gasteiger partial charge on any atom is -0.481 e. The van der Waals surface area contributed by atoms with Crippen LogP contribution in [0.3, 0.4) is 0 Å². The van der Waals surface area contributed by atoms with Gasteiger partial charge in [-0.3, -0.25) is 4.79 Å². The van der Waals surface area contributed by atoms with Crippen LogP contribution in [0.2, 0.25) is 0 Å². The molecule has 0 radical (unpaired) electrons. The van der Waals surface area contributed by atoms with Crippen LogP contribution in [0.15, 0.2) is 0 Å². The van der Waals surface area contributed by atoms with Crippen LogP contribution in [0, 0.1) is 11.3 Å². The Morgan fingerprint density at radius 2 is 1.54 bits per heavy atom. The molecule has 2 N–H and O–H groups in total. The van der Waals surface area contributed by atoms with Gasteiger partial charge >= 0.3 is 5.97 Å². The predicted octanol–water partition coefficient (Wildman–Crippen LogP) is 2.51. The van der Waals surface area contributed by atoms with Gasteiger partial charge in [-0.2, -0.15) is 17.4 Å². The molecule has 2 aliphatic carbocycles. The van der Waals surface area contributed by atoms with Crippen LogP contribution in [0.4, 0.5) is 0 Å². The van der Waals surface area contributed by atoms with E-state index >= 15 is 0 Å². The maximum absolute atomic E-state index is 12.6. The second-order valence-electron chi connectivity index (χ2n) is 7.97. The Morgan fingerprint density at radius 3 is 2.08 bits per heavy atom. The van der Waals surface area contributed by atoms with Crippen molar-refractivity contribution in [3.05, 3.63) is 0 Å². The highest BCUT2D eigenvalue weighted by Crippen LogP contribution is 2.44. The largest absolute Gasteiger partial charge is 0.481 e. The van der Waals surface area contributed by atoms with Crippen molar-refractivity contribution in [2.75, 3.05) is 13.1 Å². The molecular formula is C17H30N2O4S. The van der Waals surface area contributed by atoms with E-state index in [0.717, 1.165) is 12.8 Å². The van der Waals surface area contributed by atoms with Gasteiger partial charge in [-0.15, -0.1) is 0 Å². The number of carboxylic acid groups (broad SMARTS) is 1. The topological polar surface area (TPSA) is 86.7 Å². The second kappa shape index (κ2) is 7.30. The van der Waals surface area contributed by atoms with Gasteiger partial charge in [0, 0.05) is 19.1 Å². The molecule has 3 rings (SSSR count). The summed E-state index contributed by atoms with van der Waals surface area (Å²) in [5, 5.41) is 9.03. The van der Waals surface area contributed by atoms with Gasteiger partial charge in [0.2, 0.25) is 0 Å². The summed E-state index contributed by atoms with van der Waals surface area (Å²) in [4.78, 5) is 11.0. The van der Waals surface area contributed by atoms with Crippen LogP contribution >= 0.6 is 0 Å². The normalized spacial score (nSPS) is 31.8. The molecule has 0 atom stereocenters. The van der Waals surface area contributed by atoms with Gasteiger partial charge in [0.25, 0.3) is 10.2 Å². The molecule has 1 aliphatic heterocycles. The van der Waals surface area contributed by atoms with Crippen molar-refractivity contribution in [3.63, 3.8) is 0 Å². The molecule has 138 valence electrons. The Kier molecular flexibility index (Phi) is 5.52. The highest BCUT2D eigenvalue weighted by molar-refractivity contribution is 7.87. The number of carbonyl (C=O) groups is 1. The lowest BCUT2D eigenvalue weighted by Crippen LogP contribution is -2.51. The highest BCUT2D eigenvalue weighted by Gasteiger charge is 2.39. The van der Waals surface area contributed by atoms with Gasteiger partial charge in [-0.1, -0.05) is 19.3 Å². The van der Waals surface area contributed by atoms with Crippen LogP contribution < -0.4 is 4.72 Å². The molecule has 3 fully saturated rings. The van der Waals surface area contributed by atoms with Gasteiger partial charge in [0.05, 0.1) is 5.92 Å². The zero-order chi connectivity index (χ0) is 17.2. The van der Waals surface area contributed by atoms with E-state index in [4.69, 9.17) is 5.11 Å². The van der Waals surface area contributed by atoms with Crippen molar-refractivity contribution in [1.82, 2.24) is 9.03 Å². The standard InChI is InChI=1S/C17H30N2O4S/c20-16(21)14-4-6-15(7-5-14)18-24(22,23)19-12-10-17(11-13-19)8-2-1-3-9-17/h14-15,18H,1-13H2,(H,20,21). The van der Waals surface area contributed by atoms with Crippen molar-refractivity contribution < 1.29 is 18.3 Å². The fourth-order valence-electron chi connectivity index (χ4n) is 4.75. The van der Waals surface area contributed by atoms with E-state index in [9.17, 15) is 13.2 Å². The third-order valence-corrected chi connectivity index (χ3v) is 8.11. The Morgan fingerprint density at radius 1 is 0.958 bits per heavy atom. The highest BCUT2D eigenvalue weighted by atomic mass is 32.2. The summed E-state index contributed by atoms with van der Waals surface area (Å²) in [5.74, 6) is -1.07. The molecule has 2 saturated carbocycles. The number of nitrogens with zero attached hydrogens (tertiary/aromatic N) is 1. The molecule has 0 amide bonds. The summed E-state index contributed by atoms with van der Waals surface area (Å²) < 4.78 is 29.7. The number of carboxylic acids is 1. The van der Waals surface area contributed by atoms with Gasteiger partial charge in [-0.05, 0) is 56.8 Å². The fraction of sp³-hybridized carbons (Fsp3) is 0.941.